The van der Waals surface area contributed by atoms with Gasteiger partial charge in [-0.05, 0) is 60.4 Å². The average Bonchev–Trinajstić information content (AvgIpc) is 3.59. The summed E-state index contributed by atoms with van der Waals surface area (Å²) in [5, 5.41) is 9.90. The maximum atomic E-state index is 6.30. The first-order chi connectivity index (χ1) is 17.7. The van der Waals surface area contributed by atoms with Crippen molar-refractivity contribution in [1.29, 1.82) is 0 Å². The van der Waals surface area contributed by atoms with Crippen LogP contribution in [0.5, 0.6) is 0 Å². The largest absolute Gasteiger partial charge is 0.372 e. The van der Waals surface area contributed by atoms with E-state index in [1.165, 1.54) is 24.1 Å². The highest BCUT2D eigenvalue weighted by Crippen LogP contribution is 2.45. The van der Waals surface area contributed by atoms with E-state index < -0.39 is 0 Å². The van der Waals surface area contributed by atoms with Crippen LogP contribution in [-0.2, 0) is 0 Å². The van der Waals surface area contributed by atoms with Crippen molar-refractivity contribution in [3.8, 4) is 0 Å². The van der Waals surface area contributed by atoms with Gasteiger partial charge in [0, 0.05) is 60.6 Å². The van der Waals surface area contributed by atoms with E-state index in [1.54, 1.807) is 0 Å². The molecule has 0 aliphatic carbocycles. The zero-order valence-electron chi connectivity index (χ0n) is 20.3. The standard InChI is InChI=1S/C29H31Cl2N5/c30-24-10-6-21(7-11-24)27-28(22-8-12-25(31)13-9-22)36(35-18-14-32-15-19-35)29(33-27)23-4-3-5-26(20-23)34-16-1-2-17-34/h3-13,20,27-28,32H,1-2,14-19H2. The number of piperazine rings is 1. The zero-order valence-corrected chi connectivity index (χ0v) is 21.8. The molecule has 0 amide bonds. The number of anilines is 1. The Balaban J connectivity index is 1.48. The molecule has 3 aliphatic rings. The molecule has 2 atom stereocenters. The monoisotopic (exact) mass is 519 g/mol. The molecule has 1 N–H and O–H groups in total. The molecule has 7 heteroatoms. The van der Waals surface area contributed by atoms with E-state index in [0.29, 0.717) is 0 Å². The Bertz CT molecular complexity index is 1220. The maximum Gasteiger partial charge on any atom is 0.147 e. The Morgan fingerprint density at radius 2 is 1.39 bits per heavy atom. The fourth-order valence-corrected chi connectivity index (χ4v) is 5.88. The highest BCUT2D eigenvalue weighted by Gasteiger charge is 2.42. The lowest BCUT2D eigenvalue weighted by molar-refractivity contribution is 0.000445. The molecular formula is C29H31Cl2N5. The number of benzene rings is 3. The lowest BCUT2D eigenvalue weighted by Gasteiger charge is -2.42. The highest BCUT2D eigenvalue weighted by atomic mass is 35.5. The Morgan fingerprint density at radius 1 is 0.750 bits per heavy atom. The van der Waals surface area contributed by atoms with Gasteiger partial charge < -0.3 is 10.2 Å². The Morgan fingerprint density at radius 3 is 2.06 bits per heavy atom. The molecule has 3 aromatic carbocycles. The minimum Gasteiger partial charge on any atom is -0.372 e. The van der Waals surface area contributed by atoms with Gasteiger partial charge in [-0.3, -0.25) is 10.0 Å². The molecule has 2 saturated heterocycles. The third kappa shape index (κ3) is 4.73. The molecule has 0 radical (unpaired) electrons. The van der Waals surface area contributed by atoms with Crippen LogP contribution in [0.15, 0.2) is 77.8 Å². The first kappa shape index (κ1) is 23.8. The zero-order chi connectivity index (χ0) is 24.5. The Kier molecular flexibility index (Phi) is 6.89. The summed E-state index contributed by atoms with van der Waals surface area (Å²) in [6, 6.07) is 25.3. The van der Waals surface area contributed by atoms with Gasteiger partial charge in [0.15, 0.2) is 0 Å². The van der Waals surface area contributed by atoms with Crippen LogP contribution < -0.4 is 10.2 Å². The number of nitrogens with one attached hydrogen (secondary N) is 1. The molecule has 36 heavy (non-hydrogen) atoms. The second kappa shape index (κ2) is 10.4. The van der Waals surface area contributed by atoms with Crippen molar-refractivity contribution in [3.05, 3.63) is 99.5 Å². The number of rotatable bonds is 5. The van der Waals surface area contributed by atoms with E-state index in [2.05, 4.69) is 68.8 Å². The van der Waals surface area contributed by atoms with Crippen molar-refractivity contribution >= 4 is 34.7 Å². The van der Waals surface area contributed by atoms with Gasteiger partial charge in [0.05, 0.1) is 6.04 Å². The molecular weight excluding hydrogens is 489 g/mol. The van der Waals surface area contributed by atoms with Crippen LogP contribution in [0.3, 0.4) is 0 Å². The summed E-state index contributed by atoms with van der Waals surface area (Å²) in [7, 11) is 0. The SMILES string of the molecule is Clc1ccc(C2N=C(c3cccc(N4CCCC4)c3)N(N3CCNCC3)C2c2ccc(Cl)cc2)cc1. The third-order valence-corrected chi connectivity index (χ3v) is 7.94. The maximum absolute atomic E-state index is 6.30. The minimum absolute atomic E-state index is 0.0204. The lowest BCUT2D eigenvalue weighted by atomic mass is 9.94. The summed E-state index contributed by atoms with van der Waals surface area (Å²) in [6.45, 7) is 6.02. The molecule has 3 heterocycles. The number of nitrogens with zero attached hydrogens (tertiary/aromatic N) is 4. The van der Waals surface area contributed by atoms with Crippen LogP contribution in [0.4, 0.5) is 5.69 Å². The van der Waals surface area contributed by atoms with E-state index in [1.807, 2.05) is 24.3 Å². The van der Waals surface area contributed by atoms with Gasteiger partial charge in [0.2, 0.25) is 0 Å². The number of hydrazine groups is 1. The van der Waals surface area contributed by atoms with Crippen molar-refractivity contribution in [2.24, 2.45) is 4.99 Å². The summed E-state index contributed by atoms with van der Waals surface area (Å²) >= 11 is 12.6. The van der Waals surface area contributed by atoms with Crippen molar-refractivity contribution in [3.63, 3.8) is 0 Å². The van der Waals surface area contributed by atoms with Crippen molar-refractivity contribution in [1.82, 2.24) is 15.3 Å². The smallest absolute Gasteiger partial charge is 0.147 e. The predicted octanol–water partition coefficient (Wildman–Crippen LogP) is 5.96. The summed E-state index contributed by atoms with van der Waals surface area (Å²) < 4.78 is 0. The summed E-state index contributed by atoms with van der Waals surface area (Å²) in [6.07, 6.45) is 2.52. The molecule has 186 valence electrons. The summed E-state index contributed by atoms with van der Waals surface area (Å²) in [5.74, 6) is 1.03. The average molecular weight is 521 g/mol. The molecule has 5 nitrogen and oxygen atoms in total. The molecule has 3 aromatic rings. The van der Waals surface area contributed by atoms with Gasteiger partial charge in [-0.2, -0.15) is 0 Å². The summed E-state index contributed by atoms with van der Waals surface area (Å²) in [4.78, 5) is 7.94. The van der Waals surface area contributed by atoms with E-state index in [9.17, 15) is 0 Å². The van der Waals surface area contributed by atoms with Gasteiger partial charge in [-0.25, -0.2) is 5.01 Å². The molecule has 6 rings (SSSR count). The van der Waals surface area contributed by atoms with Crippen molar-refractivity contribution in [2.45, 2.75) is 24.9 Å². The second-order valence-electron chi connectivity index (χ2n) is 9.74. The predicted molar refractivity (Wildman–Crippen MR) is 149 cm³/mol. The molecule has 2 fully saturated rings. The number of hydrogen-bond acceptors (Lipinski definition) is 5. The van der Waals surface area contributed by atoms with Crippen molar-refractivity contribution < 1.29 is 0 Å². The normalized spacial score (nSPS) is 22.8. The molecule has 3 aliphatic heterocycles. The molecule has 0 saturated carbocycles. The second-order valence-corrected chi connectivity index (χ2v) is 10.6. The lowest BCUT2D eigenvalue weighted by Crippen LogP contribution is -2.54. The first-order valence-electron chi connectivity index (χ1n) is 12.9. The molecule has 0 bridgehead atoms. The number of halogens is 2. The van der Waals surface area contributed by atoms with Crippen LogP contribution in [0.25, 0.3) is 0 Å². The van der Waals surface area contributed by atoms with Crippen LogP contribution in [0, 0.1) is 0 Å². The van der Waals surface area contributed by atoms with Gasteiger partial charge in [-0.15, -0.1) is 0 Å². The first-order valence-corrected chi connectivity index (χ1v) is 13.6. The number of aliphatic imine (C=N–C) groups is 1. The Labute approximate surface area is 223 Å². The minimum atomic E-state index is -0.0660. The topological polar surface area (TPSA) is 34.1 Å². The highest BCUT2D eigenvalue weighted by molar-refractivity contribution is 6.30. The molecule has 0 aromatic heterocycles. The Hall–Kier alpha value is -2.57. The van der Waals surface area contributed by atoms with Crippen LogP contribution >= 0.6 is 23.2 Å². The van der Waals surface area contributed by atoms with Crippen molar-refractivity contribution in [2.75, 3.05) is 44.2 Å². The van der Waals surface area contributed by atoms with Gasteiger partial charge >= 0.3 is 0 Å². The molecule has 0 spiro atoms. The third-order valence-electron chi connectivity index (χ3n) is 7.44. The fraction of sp³-hybridized carbons (Fsp3) is 0.345. The van der Waals surface area contributed by atoms with Gasteiger partial charge in [0.1, 0.15) is 11.9 Å². The van der Waals surface area contributed by atoms with E-state index in [4.69, 9.17) is 28.2 Å². The van der Waals surface area contributed by atoms with E-state index in [-0.39, 0.29) is 12.1 Å². The quantitative estimate of drug-likeness (QED) is 0.450. The van der Waals surface area contributed by atoms with E-state index in [0.717, 1.165) is 66.3 Å². The number of amidine groups is 1. The fourth-order valence-electron chi connectivity index (χ4n) is 5.63. The van der Waals surface area contributed by atoms with Gasteiger partial charge in [0.25, 0.3) is 0 Å². The van der Waals surface area contributed by atoms with E-state index >= 15 is 0 Å². The van der Waals surface area contributed by atoms with Crippen LogP contribution in [-0.4, -0.2) is 55.1 Å². The van der Waals surface area contributed by atoms with Crippen LogP contribution in [0.1, 0.15) is 41.6 Å². The number of hydrogen-bond donors (Lipinski definition) is 1. The van der Waals surface area contributed by atoms with Crippen LogP contribution in [0.2, 0.25) is 10.0 Å². The van der Waals surface area contributed by atoms with Gasteiger partial charge in [-0.1, -0.05) is 59.6 Å². The molecule has 2 unspecified atom stereocenters. The summed E-state index contributed by atoms with van der Waals surface area (Å²) in [5.41, 5.74) is 4.80.